The molecule has 2 aliphatic rings. The number of ether oxygens (including phenoxy) is 2. The maximum atomic E-state index is 13.6. The van der Waals surface area contributed by atoms with Crippen molar-refractivity contribution in [3.05, 3.63) is 41.4 Å². The Morgan fingerprint density at radius 2 is 1.68 bits per heavy atom. The summed E-state index contributed by atoms with van der Waals surface area (Å²) in [5.74, 6) is -1.47. The van der Waals surface area contributed by atoms with E-state index in [0.717, 1.165) is 51.0 Å². The van der Waals surface area contributed by atoms with Crippen LogP contribution in [0.1, 0.15) is 37.9 Å². The Labute approximate surface area is 221 Å². The van der Waals surface area contributed by atoms with Crippen molar-refractivity contribution in [2.75, 3.05) is 45.7 Å². The summed E-state index contributed by atoms with van der Waals surface area (Å²) in [7, 11) is 2.32. The molecular formula is C27H34N4O7. The predicted octanol–water partition coefficient (Wildman–Crippen LogP) is 2.30. The standard InChI is InChI=1S/C27H34N4O7/c1-17-14-18-15-19(9-10-21(18)38-17)28-24(23(26(34)36-2)27(35)37-3)29-20-8-4-5-13-31(25(20)33)16-22(32)30-11-6-7-12-30/h9-10,14-15,20,28-29H,4-8,11-13,16H2,1-3H3/t20-/m0/s1. The Morgan fingerprint density at radius 3 is 2.37 bits per heavy atom. The third-order valence-electron chi connectivity index (χ3n) is 6.82. The molecule has 38 heavy (non-hydrogen) atoms. The summed E-state index contributed by atoms with van der Waals surface area (Å²) in [6.07, 6.45) is 3.85. The lowest BCUT2D eigenvalue weighted by molar-refractivity contribution is -0.144. The topological polar surface area (TPSA) is 130 Å². The van der Waals surface area contributed by atoms with E-state index in [1.807, 2.05) is 13.0 Å². The van der Waals surface area contributed by atoms with E-state index in [9.17, 15) is 19.2 Å². The molecule has 2 amide bonds. The number of rotatable bonds is 8. The number of methoxy groups -OCH3 is 2. The van der Waals surface area contributed by atoms with Gasteiger partial charge in [0, 0.05) is 30.7 Å². The number of likely N-dealkylation sites (tertiary alicyclic amines) is 2. The molecule has 2 aliphatic heterocycles. The molecule has 2 fully saturated rings. The lowest BCUT2D eigenvalue weighted by Crippen LogP contribution is -2.49. The molecule has 11 nitrogen and oxygen atoms in total. The van der Waals surface area contributed by atoms with Gasteiger partial charge in [0.2, 0.25) is 11.8 Å². The Hall–Kier alpha value is -4.02. The first-order chi connectivity index (χ1) is 18.3. The number of furan rings is 1. The Kier molecular flexibility index (Phi) is 8.55. The zero-order chi connectivity index (χ0) is 27.2. The van der Waals surface area contributed by atoms with Gasteiger partial charge < -0.3 is 34.3 Å². The van der Waals surface area contributed by atoms with Gasteiger partial charge in [0.15, 0.2) is 5.57 Å². The highest BCUT2D eigenvalue weighted by molar-refractivity contribution is 6.15. The summed E-state index contributed by atoms with van der Waals surface area (Å²) in [6.45, 7) is 3.72. The number of amides is 2. The van der Waals surface area contributed by atoms with Gasteiger partial charge in [-0.15, -0.1) is 0 Å². The van der Waals surface area contributed by atoms with E-state index < -0.39 is 23.6 Å². The Bertz CT molecular complexity index is 1230. The van der Waals surface area contributed by atoms with Gasteiger partial charge in [-0.2, -0.15) is 0 Å². The van der Waals surface area contributed by atoms with Gasteiger partial charge in [0.1, 0.15) is 23.2 Å². The number of esters is 2. The molecule has 1 aromatic carbocycles. The van der Waals surface area contributed by atoms with E-state index in [-0.39, 0.29) is 24.2 Å². The molecule has 2 N–H and O–H groups in total. The highest BCUT2D eigenvalue weighted by Crippen LogP contribution is 2.25. The second kappa shape index (κ2) is 12.0. The SMILES string of the molecule is COC(=O)C(C(=O)OC)=C(Nc1ccc2oc(C)cc2c1)N[C@H]1CCCCN(CC(=O)N2CCCC2)C1=O. The molecule has 0 radical (unpaired) electrons. The van der Waals surface area contributed by atoms with Gasteiger partial charge in [0.05, 0.1) is 20.8 Å². The van der Waals surface area contributed by atoms with Gasteiger partial charge in [0.25, 0.3) is 0 Å². The van der Waals surface area contributed by atoms with E-state index in [2.05, 4.69) is 10.6 Å². The molecule has 0 aliphatic carbocycles. The molecule has 2 saturated heterocycles. The summed E-state index contributed by atoms with van der Waals surface area (Å²) >= 11 is 0. The number of hydrogen-bond acceptors (Lipinski definition) is 9. The minimum Gasteiger partial charge on any atom is -0.465 e. The van der Waals surface area contributed by atoms with Crippen molar-refractivity contribution in [3.8, 4) is 0 Å². The van der Waals surface area contributed by atoms with Crippen LogP contribution in [-0.4, -0.2) is 80.0 Å². The lowest BCUT2D eigenvalue weighted by atomic mass is 10.1. The number of anilines is 1. The monoisotopic (exact) mass is 526 g/mol. The molecule has 11 heteroatoms. The summed E-state index contributed by atoms with van der Waals surface area (Å²) in [5.41, 5.74) is 0.827. The number of nitrogens with zero attached hydrogens (tertiary/aromatic N) is 2. The molecule has 204 valence electrons. The van der Waals surface area contributed by atoms with Crippen molar-refractivity contribution in [1.29, 1.82) is 0 Å². The Morgan fingerprint density at radius 1 is 1.00 bits per heavy atom. The fourth-order valence-electron chi connectivity index (χ4n) is 4.86. The van der Waals surface area contributed by atoms with Crippen LogP contribution in [0.4, 0.5) is 5.69 Å². The highest BCUT2D eigenvalue weighted by Gasteiger charge is 2.33. The van der Waals surface area contributed by atoms with E-state index in [1.54, 1.807) is 28.0 Å². The summed E-state index contributed by atoms with van der Waals surface area (Å²) in [4.78, 5) is 55.0. The van der Waals surface area contributed by atoms with Crippen molar-refractivity contribution in [3.63, 3.8) is 0 Å². The predicted molar refractivity (Wildman–Crippen MR) is 139 cm³/mol. The number of hydrogen-bond donors (Lipinski definition) is 2. The maximum absolute atomic E-state index is 13.6. The molecule has 4 rings (SSSR count). The second-order valence-corrected chi connectivity index (χ2v) is 9.51. The fourth-order valence-corrected chi connectivity index (χ4v) is 4.86. The molecule has 1 aromatic heterocycles. The smallest absolute Gasteiger partial charge is 0.349 e. The second-order valence-electron chi connectivity index (χ2n) is 9.51. The van der Waals surface area contributed by atoms with Crippen molar-refractivity contribution < 1.29 is 33.1 Å². The number of carbonyl (C=O) groups is 4. The van der Waals surface area contributed by atoms with Gasteiger partial charge in [-0.1, -0.05) is 0 Å². The van der Waals surface area contributed by atoms with Crippen LogP contribution in [0.15, 0.2) is 40.1 Å². The van der Waals surface area contributed by atoms with Crippen LogP contribution in [0, 0.1) is 6.92 Å². The van der Waals surface area contributed by atoms with E-state index >= 15 is 0 Å². The molecule has 0 bridgehead atoms. The van der Waals surface area contributed by atoms with Crippen molar-refractivity contribution in [2.45, 2.75) is 45.1 Å². The average molecular weight is 527 g/mol. The quantitative estimate of drug-likeness (QED) is 0.230. The molecule has 1 atom stereocenters. The molecule has 0 saturated carbocycles. The van der Waals surface area contributed by atoms with Crippen LogP contribution >= 0.6 is 0 Å². The molecule has 2 aromatic rings. The first-order valence-corrected chi connectivity index (χ1v) is 12.8. The first-order valence-electron chi connectivity index (χ1n) is 12.8. The summed E-state index contributed by atoms with van der Waals surface area (Å²) < 4.78 is 15.4. The number of aryl methyl sites for hydroxylation is 1. The van der Waals surface area contributed by atoms with Crippen molar-refractivity contribution >= 4 is 40.4 Å². The lowest BCUT2D eigenvalue weighted by Gasteiger charge is -2.28. The first kappa shape index (κ1) is 27.0. The normalized spacial score (nSPS) is 17.7. The molecular weight excluding hydrogens is 492 g/mol. The zero-order valence-corrected chi connectivity index (χ0v) is 22.0. The third kappa shape index (κ3) is 6.09. The van der Waals surface area contributed by atoms with Gasteiger partial charge in [-0.25, -0.2) is 9.59 Å². The van der Waals surface area contributed by atoms with E-state index in [4.69, 9.17) is 13.9 Å². The fraction of sp³-hybridized carbons (Fsp3) is 0.481. The van der Waals surface area contributed by atoms with E-state index in [1.165, 1.54) is 0 Å². The summed E-state index contributed by atoms with van der Waals surface area (Å²) in [6, 6.07) is 6.38. The number of nitrogens with one attached hydrogen (secondary N) is 2. The van der Waals surface area contributed by atoms with Gasteiger partial charge in [-0.3, -0.25) is 9.59 Å². The number of benzene rings is 1. The third-order valence-corrected chi connectivity index (χ3v) is 6.82. The maximum Gasteiger partial charge on any atom is 0.349 e. The minimum atomic E-state index is -0.922. The van der Waals surface area contributed by atoms with Crippen LogP contribution < -0.4 is 10.6 Å². The number of carbonyl (C=O) groups excluding carboxylic acids is 4. The summed E-state index contributed by atoms with van der Waals surface area (Å²) in [5, 5.41) is 6.98. The van der Waals surface area contributed by atoms with Crippen LogP contribution in [0.5, 0.6) is 0 Å². The minimum absolute atomic E-state index is 0.000851. The largest absolute Gasteiger partial charge is 0.465 e. The van der Waals surface area contributed by atoms with Crippen LogP contribution in [0.3, 0.4) is 0 Å². The zero-order valence-electron chi connectivity index (χ0n) is 22.0. The van der Waals surface area contributed by atoms with Crippen molar-refractivity contribution in [2.24, 2.45) is 0 Å². The Balaban J connectivity index is 1.64. The van der Waals surface area contributed by atoms with Crippen molar-refractivity contribution in [1.82, 2.24) is 15.1 Å². The van der Waals surface area contributed by atoms with E-state index in [0.29, 0.717) is 37.3 Å². The van der Waals surface area contributed by atoms with Crippen LogP contribution in [-0.2, 0) is 28.7 Å². The van der Waals surface area contributed by atoms with Gasteiger partial charge in [-0.05, 0) is 63.3 Å². The molecule has 0 unspecified atom stereocenters. The average Bonchev–Trinajstić information content (AvgIpc) is 3.54. The number of fused-ring (bicyclic) bond motifs is 1. The van der Waals surface area contributed by atoms with Gasteiger partial charge >= 0.3 is 11.9 Å². The molecule has 3 heterocycles. The van der Waals surface area contributed by atoms with Crippen LogP contribution in [0.25, 0.3) is 11.0 Å². The van der Waals surface area contributed by atoms with Crippen LogP contribution in [0.2, 0.25) is 0 Å². The molecule has 0 spiro atoms. The highest BCUT2D eigenvalue weighted by atomic mass is 16.5.